The molecule has 2 amide bonds. The Morgan fingerprint density at radius 2 is 1.56 bits per heavy atom. The maximum absolute atomic E-state index is 12.7. The van der Waals surface area contributed by atoms with Gasteiger partial charge in [0.15, 0.2) is 0 Å². The topological polar surface area (TPSA) is 95.9 Å². The largest absolute Gasteiger partial charge is 0.480 e. The first-order valence-electron chi connectivity index (χ1n) is 10.9. The minimum atomic E-state index is -1.05. The smallest absolute Gasteiger partial charge is 0.407 e. The Bertz CT molecular complexity index is 960. The summed E-state index contributed by atoms with van der Waals surface area (Å²) in [5.41, 5.74) is 4.55. The number of aliphatic carboxylic acids is 1. The van der Waals surface area contributed by atoms with E-state index in [1.54, 1.807) is 20.8 Å². The Hall–Kier alpha value is -3.35. The van der Waals surface area contributed by atoms with Gasteiger partial charge in [0.25, 0.3) is 0 Å². The quantitative estimate of drug-likeness (QED) is 0.652. The minimum Gasteiger partial charge on any atom is -0.480 e. The van der Waals surface area contributed by atoms with Crippen molar-refractivity contribution < 1.29 is 24.2 Å². The lowest BCUT2D eigenvalue weighted by molar-refractivity contribution is -0.150. The number of carbonyl (C=O) groups is 3. The Morgan fingerprint density at radius 3 is 2.06 bits per heavy atom. The number of carbonyl (C=O) groups excluding carboxylic acids is 2. The van der Waals surface area contributed by atoms with Crippen molar-refractivity contribution in [3.05, 3.63) is 59.7 Å². The van der Waals surface area contributed by atoms with E-state index in [0.29, 0.717) is 6.42 Å². The van der Waals surface area contributed by atoms with Crippen LogP contribution in [0.4, 0.5) is 4.79 Å². The molecular formula is C25H30N2O5. The van der Waals surface area contributed by atoms with Crippen LogP contribution in [0.3, 0.4) is 0 Å². The highest BCUT2D eigenvalue weighted by atomic mass is 16.5. The van der Waals surface area contributed by atoms with Gasteiger partial charge in [-0.1, -0.05) is 62.4 Å². The highest BCUT2D eigenvalue weighted by Gasteiger charge is 2.32. The molecule has 0 spiro atoms. The minimum absolute atomic E-state index is 0.0467. The standard InChI is InChI=1S/C25H30N2O5/c1-5-22(24(29)30)27(4)23(28)15(2)16(3)26-25(31)32-14-21-19-12-8-6-10-17(19)18-11-7-9-13-20(18)21/h6-13,15-16,21-22H,5,14H2,1-4H3,(H,26,31)(H,29,30). The summed E-state index contributed by atoms with van der Waals surface area (Å²) in [6.45, 7) is 5.28. The molecule has 2 aromatic carbocycles. The summed E-state index contributed by atoms with van der Waals surface area (Å²) in [4.78, 5) is 37.7. The Kier molecular flexibility index (Phi) is 7.18. The molecule has 3 unspecified atom stereocenters. The van der Waals surface area contributed by atoms with Gasteiger partial charge in [0.1, 0.15) is 12.6 Å². The molecule has 0 aromatic heterocycles. The monoisotopic (exact) mass is 438 g/mol. The van der Waals surface area contributed by atoms with Crippen LogP contribution in [-0.2, 0) is 14.3 Å². The third kappa shape index (κ3) is 4.61. The lowest BCUT2D eigenvalue weighted by Crippen LogP contribution is -2.49. The zero-order valence-electron chi connectivity index (χ0n) is 18.9. The number of hydrogen-bond acceptors (Lipinski definition) is 4. The van der Waals surface area contributed by atoms with E-state index >= 15 is 0 Å². The molecule has 3 rings (SSSR count). The molecule has 0 saturated carbocycles. The van der Waals surface area contributed by atoms with Crippen LogP contribution in [0.1, 0.15) is 44.2 Å². The van der Waals surface area contributed by atoms with Crippen LogP contribution in [-0.4, -0.2) is 53.7 Å². The molecule has 7 nitrogen and oxygen atoms in total. The molecule has 2 N–H and O–H groups in total. The molecule has 0 heterocycles. The number of carboxylic acids is 1. The average molecular weight is 439 g/mol. The van der Waals surface area contributed by atoms with Gasteiger partial charge in [-0.15, -0.1) is 0 Å². The van der Waals surface area contributed by atoms with Gasteiger partial charge in [0.2, 0.25) is 5.91 Å². The molecule has 7 heteroatoms. The molecule has 1 aliphatic carbocycles. The first kappa shape index (κ1) is 23.3. The first-order chi connectivity index (χ1) is 15.3. The Balaban J connectivity index is 1.60. The van der Waals surface area contributed by atoms with E-state index in [-0.39, 0.29) is 18.4 Å². The van der Waals surface area contributed by atoms with E-state index in [0.717, 1.165) is 22.3 Å². The van der Waals surface area contributed by atoms with E-state index in [1.165, 1.54) is 11.9 Å². The van der Waals surface area contributed by atoms with Crippen molar-refractivity contribution in [3.8, 4) is 11.1 Å². The van der Waals surface area contributed by atoms with Gasteiger partial charge in [0.05, 0.1) is 5.92 Å². The fraction of sp³-hybridized carbons (Fsp3) is 0.400. The maximum Gasteiger partial charge on any atom is 0.407 e. The predicted octanol–water partition coefficient (Wildman–Crippen LogP) is 3.87. The van der Waals surface area contributed by atoms with E-state index < -0.39 is 30.1 Å². The van der Waals surface area contributed by atoms with Crippen molar-refractivity contribution in [2.75, 3.05) is 13.7 Å². The highest BCUT2D eigenvalue weighted by Crippen LogP contribution is 2.44. The summed E-state index contributed by atoms with van der Waals surface area (Å²) in [5, 5.41) is 12.0. The Morgan fingerprint density at radius 1 is 1.03 bits per heavy atom. The van der Waals surface area contributed by atoms with Crippen LogP contribution in [0.15, 0.2) is 48.5 Å². The summed E-state index contributed by atoms with van der Waals surface area (Å²) in [7, 11) is 1.47. The molecule has 1 aliphatic rings. The van der Waals surface area contributed by atoms with Crippen LogP contribution in [0.2, 0.25) is 0 Å². The highest BCUT2D eigenvalue weighted by molar-refractivity contribution is 5.85. The van der Waals surface area contributed by atoms with E-state index in [1.807, 2.05) is 36.4 Å². The summed E-state index contributed by atoms with van der Waals surface area (Å²) >= 11 is 0. The van der Waals surface area contributed by atoms with Crippen LogP contribution in [0.5, 0.6) is 0 Å². The molecule has 0 bridgehead atoms. The summed E-state index contributed by atoms with van der Waals surface area (Å²) in [6, 6.07) is 14.8. The van der Waals surface area contributed by atoms with Crippen molar-refractivity contribution in [1.82, 2.24) is 10.2 Å². The molecule has 3 atom stereocenters. The average Bonchev–Trinajstić information content (AvgIpc) is 3.10. The van der Waals surface area contributed by atoms with Crippen molar-refractivity contribution in [3.63, 3.8) is 0 Å². The number of rotatable bonds is 8. The fourth-order valence-electron chi connectivity index (χ4n) is 4.25. The van der Waals surface area contributed by atoms with Crippen molar-refractivity contribution in [1.29, 1.82) is 0 Å². The molecule has 2 aromatic rings. The predicted molar refractivity (Wildman–Crippen MR) is 121 cm³/mol. The molecule has 170 valence electrons. The maximum atomic E-state index is 12.7. The fourth-order valence-corrected chi connectivity index (χ4v) is 4.25. The van der Waals surface area contributed by atoms with Crippen LogP contribution in [0, 0.1) is 5.92 Å². The number of amides is 2. The number of benzene rings is 2. The van der Waals surface area contributed by atoms with Crippen LogP contribution >= 0.6 is 0 Å². The van der Waals surface area contributed by atoms with Gasteiger partial charge in [-0.05, 0) is 35.6 Å². The van der Waals surface area contributed by atoms with Gasteiger partial charge in [-0.3, -0.25) is 4.79 Å². The number of ether oxygens (including phenoxy) is 1. The summed E-state index contributed by atoms with van der Waals surface area (Å²) in [6.07, 6.45) is -0.301. The van der Waals surface area contributed by atoms with Gasteiger partial charge in [0, 0.05) is 19.0 Å². The lowest BCUT2D eigenvalue weighted by atomic mass is 9.98. The molecule has 0 radical (unpaired) electrons. The second-order valence-corrected chi connectivity index (χ2v) is 8.26. The summed E-state index contributed by atoms with van der Waals surface area (Å²) < 4.78 is 5.54. The number of likely N-dealkylation sites (N-methyl/N-ethyl adjacent to an activating group) is 1. The van der Waals surface area contributed by atoms with Gasteiger partial charge in [-0.25, -0.2) is 9.59 Å². The molecule has 0 aliphatic heterocycles. The second-order valence-electron chi connectivity index (χ2n) is 8.26. The number of fused-ring (bicyclic) bond motifs is 3. The van der Waals surface area contributed by atoms with E-state index in [9.17, 15) is 19.5 Å². The molecular weight excluding hydrogens is 408 g/mol. The molecule has 32 heavy (non-hydrogen) atoms. The summed E-state index contributed by atoms with van der Waals surface area (Å²) in [5.74, 6) is -2.04. The number of carboxylic acid groups (broad SMARTS) is 1. The zero-order chi connectivity index (χ0) is 23.4. The normalized spacial score (nSPS) is 15.1. The lowest BCUT2D eigenvalue weighted by Gasteiger charge is -2.29. The SMILES string of the molecule is CCC(C(=O)O)N(C)C(=O)C(C)C(C)NC(=O)OCC1c2ccccc2-c2ccccc21. The third-order valence-corrected chi connectivity index (χ3v) is 6.32. The second kappa shape index (κ2) is 9.85. The Labute approximate surface area is 188 Å². The van der Waals surface area contributed by atoms with E-state index in [2.05, 4.69) is 17.4 Å². The first-order valence-corrected chi connectivity index (χ1v) is 10.9. The van der Waals surface area contributed by atoms with Crippen LogP contribution < -0.4 is 5.32 Å². The third-order valence-electron chi connectivity index (χ3n) is 6.32. The van der Waals surface area contributed by atoms with Crippen molar-refractivity contribution >= 4 is 18.0 Å². The van der Waals surface area contributed by atoms with Gasteiger partial charge < -0.3 is 20.1 Å². The molecule has 0 saturated heterocycles. The number of hydrogen-bond donors (Lipinski definition) is 2. The number of nitrogens with one attached hydrogen (secondary N) is 1. The van der Waals surface area contributed by atoms with Gasteiger partial charge >= 0.3 is 12.1 Å². The zero-order valence-corrected chi connectivity index (χ0v) is 18.9. The van der Waals surface area contributed by atoms with Gasteiger partial charge in [-0.2, -0.15) is 0 Å². The van der Waals surface area contributed by atoms with Crippen molar-refractivity contribution in [2.45, 2.75) is 45.2 Å². The van der Waals surface area contributed by atoms with Crippen molar-refractivity contribution in [2.24, 2.45) is 5.92 Å². The molecule has 0 fully saturated rings. The number of nitrogens with zero attached hydrogens (tertiary/aromatic N) is 1. The van der Waals surface area contributed by atoms with E-state index in [4.69, 9.17) is 4.74 Å². The van der Waals surface area contributed by atoms with Crippen LogP contribution in [0.25, 0.3) is 11.1 Å². The number of alkyl carbamates (subject to hydrolysis) is 1.